The molecule has 2 N–H and O–H groups in total. The number of anilines is 1. The molecule has 0 aliphatic carbocycles. The summed E-state index contributed by atoms with van der Waals surface area (Å²) in [6.07, 6.45) is 0. The van der Waals surface area contributed by atoms with Crippen molar-refractivity contribution in [2.75, 3.05) is 19.8 Å². The Balaban J connectivity index is 3.01. The van der Waals surface area contributed by atoms with Gasteiger partial charge in [-0.1, -0.05) is 12.1 Å². The van der Waals surface area contributed by atoms with Gasteiger partial charge in [0.2, 0.25) is 0 Å². The van der Waals surface area contributed by atoms with Crippen LogP contribution in [-0.2, 0) is 5.54 Å². The third-order valence-electron chi connectivity index (χ3n) is 2.74. The van der Waals surface area contributed by atoms with Crippen LogP contribution >= 0.6 is 0 Å². The van der Waals surface area contributed by atoms with E-state index in [9.17, 15) is 0 Å². The zero-order valence-electron chi connectivity index (χ0n) is 8.83. The lowest BCUT2D eigenvalue weighted by Gasteiger charge is -2.33. The van der Waals surface area contributed by atoms with E-state index in [0.29, 0.717) is 0 Å². The molecular weight excluding hydrogens is 160 g/mol. The lowest BCUT2D eigenvalue weighted by molar-refractivity contribution is 0.198. The largest absolute Gasteiger partial charge is 0.399 e. The molecule has 0 aliphatic heterocycles. The van der Waals surface area contributed by atoms with Gasteiger partial charge < -0.3 is 10.6 Å². The SMILES string of the molecule is CN(C)C(C)(C)c1ccc(N)cc1. The van der Waals surface area contributed by atoms with Crippen LogP contribution in [0.3, 0.4) is 0 Å². The van der Waals surface area contributed by atoms with Gasteiger partial charge in [-0.3, -0.25) is 0 Å². The molecule has 1 aromatic carbocycles. The van der Waals surface area contributed by atoms with Gasteiger partial charge in [0.15, 0.2) is 0 Å². The van der Waals surface area contributed by atoms with Gasteiger partial charge in [-0.05, 0) is 45.6 Å². The van der Waals surface area contributed by atoms with Crippen molar-refractivity contribution in [1.82, 2.24) is 4.90 Å². The topological polar surface area (TPSA) is 29.3 Å². The van der Waals surface area contributed by atoms with Crippen molar-refractivity contribution in [1.29, 1.82) is 0 Å². The third kappa shape index (κ3) is 2.01. The second-order valence-electron chi connectivity index (χ2n) is 4.08. The van der Waals surface area contributed by atoms with Crippen LogP contribution in [-0.4, -0.2) is 19.0 Å². The zero-order chi connectivity index (χ0) is 10.1. The highest BCUT2D eigenvalue weighted by Crippen LogP contribution is 2.25. The van der Waals surface area contributed by atoms with Crippen molar-refractivity contribution >= 4 is 5.69 Å². The smallest absolute Gasteiger partial charge is 0.0398 e. The Morgan fingerprint density at radius 3 is 1.92 bits per heavy atom. The average Bonchev–Trinajstić information content (AvgIpc) is 2.04. The summed E-state index contributed by atoms with van der Waals surface area (Å²) < 4.78 is 0. The maximum Gasteiger partial charge on any atom is 0.0398 e. The standard InChI is InChI=1S/C11H18N2/c1-11(2,13(3)4)9-5-7-10(12)8-6-9/h5-8H,12H2,1-4H3. The Bertz CT molecular complexity index is 273. The van der Waals surface area contributed by atoms with Gasteiger partial charge in [0.1, 0.15) is 0 Å². The van der Waals surface area contributed by atoms with Crippen LogP contribution < -0.4 is 5.73 Å². The number of rotatable bonds is 2. The molecule has 0 fully saturated rings. The lowest BCUT2D eigenvalue weighted by Crippen LogP contribution is -2.35. The molecule has 0 saturated carbocycles. The predicted octanol–water partition coefficient (Wildman–Crippen LogP) is 2.07. The summed E-state index contributed by atoms with van der Waals surface area (Å²) in [4.78, 5) is 2.19. The average molecular weight is 178 g/mol. The first-order chi connectivity index (χ1) is 5.94. The molecule has 0 aliphatic rings. The van der Waals surface area contributed by atoms with E-state index in [1.54, 1.807) is 0 Å². The Labute approximate surface area is 80.4 Å². The summed E-state index contributed by atoms with van der Waals surface area (Å²) >= 11 is 0. The first-order valence-electron chi connectivity index (χ1n) is 4.48. The lowest BCUT2D eigenvalue weighted by atomic mass is 9.93. The number of nitrogens with zero attached hydrogens (tertiary/aromatic N) is 1. The monoisotopic (exact) mass is 178 g/mol. The highest BCUT2D eigenvalue weighted by molar-refractivity contribution is 5.41. The fourth-order valence-electron chi connectivity index (χ4n) is 1.15. The molecule has 1 aromatic rings. The summed E-state index contributed by atoms with van der Waals surface area (Å²) in [5.41, 5.74) is 7.80. The van der Waals surface area contributed by atoms with Gasteiger partial charge in [0.05, 0.1) is 0 Å². The van der Waals surface area contributed by atoms with Crippen molar-refractivity contribution < 1.29 is 0 Å². The molecule has 0 aromatic heterocycles. The van der Waals surface area contributed by atoms with E-state index in [0.717, 1.165) is 5.69 Å². The van der Waals surface area contributed by atoms with E-state index in [4.69, 9.17) is 5.73 Å². The Morgan fingerprint density at radius 1 is 1.08 bits per heavy atom. The number of nitrogens with two attached hydrogens (primary N) is 1. The number of hydrogen-bond donors (Lipinski definition) is 1. The molecule has 1 rings (SSSR count). The van der Waals surface area contributed by atoms with Gasteiger partial charge in [-0.2, -0.15) is 0 Å². The maximum absolute atomic E-state index is 5.63. The second-order valence-corrected chi connectivity index (χ2v) is 4.08. The minimum atomic E-state index is 0.0632. The summed E-state index contributed by atoms with van der Waals surface area (Å²) in [5.74, 6) is 0. The number of hydrogen-bond acceptors (Lipinski definition) is 2. The Kier molecular flexibility index (Phi) is 2.62. The first kappa shape index (κ1) is 10.1. The van der Waals surface area contributed by atoms with Crippen molar-refractivity contribution in [3.8, 4) is 0 Å². The molecule has 0 saturated heterocycles. The number of benzene rings is 1. The van der Waals surface area contributed by atoms with Crippen molar-refractivity contribution in [2.45, 2.75) is 19.4 Å². The molecule has 0 bridgehead atoms. The summed E-state index contributed by atoms with van der Waals surface area (Å²) in [7, 11) is 4.16. The molecule has 0 heterocycles. The van der Waals surface area contributed by atoms with Gasteiger partial charge in [0, 0.05) is 11.2 Å². The van der Waals surface area contributed by atoms with Crippen molar-refractivity contribution in [2.24, 2.45) is 0 Å². The van der Waals surface area contributed by atoms with Crippen LogP contribution in [0, 0.1) is 0 Å². The van der Waals surface area contributed by atoms with Crippen molar-refractivity contribution in [3.63, 3.8) is 0 Å². The van der Waals surface area contributed by atoms with Gasteiger partial charge in [-0.15, -0.1) is 0 Å². The van der Waals surface area contributed by atoms with Crippen LogP contribution in [0.5, 0.6) is 0 Å². The molecule has 2 nitrogen and oxygen atoms in total. The normalized spacial score (nSPS) is 12.1. The minimum Gasteiger partial charge on any atom is -0.399 e. The van der Waals surface area contributed by atoms with Crippen LogP contribution in [0.25, 0.3) is 0 Å². The van der Waals surface area contributed by atoms with Crippen molar-refractivity contribution in [3.05, 3.63) is 29.8 Å². The second kappa shape index (κ2) is 3.38. The molecule has 0 atom stereocenters. The molecule has 0 spiro atoms. The maximum atomic E-state index is 5.63. The molecule has 2 heteroatoms. The van der Waals surface area contributed by atoms with E-state index >= 15 is 0 Å². The Morgan fingerprint density at radius 2 is 1.54 bits per heavy atom. The molecule has 0 radical (unpaired) electrons. The van der Waals surface area contributed by atoms with E-state index in [-0.39, 0.29) is 5.54 Å². The fraction of sp³-hybridized carbons (Fsp3) is 0.455. The summed E-state index contributed by atoms with van der Waals surface area (Å²) in [6, 6.07) is 8.05. The molecule has 13 heavy (non-hydrogen) atoms. The zero-order valence-corrected chi connectivity index (χ0v) is 8.83. The Hall–Kier alpha value is -1.02. The fourth-order valence-corrected chi connectivity index (χ4v) is 1.15. The number of nitrogen functional groups attached to an aromatic ring is 1. The van der Waals surface area contributed by atoms with Crippen LogP contribution in [0.15, 0.2) is 24.3 Å². The van der Waals surface area contributed by atoms with Crippen LogP contribution in [0.1, 0.15) is 19.4 Å². The summed E-state index contributed by atoms with van der Waals surface area (Å²) in [6.45, 7) is 4.39. The quantitative estimate of drug-likeness (QED) is 0.702. The van der Waals surface area contributed by atoms with Crippen LogP contribution in [0.4, 0.5) is 5.69 Å². The van der Waals surface area contributed by atoms with E-state index in [1.807, 2.05) is 12.1 Å². The van der Waals surface area contributed by atoms with Crippen LogP contribution in [0.2, 0.25) is 0 Å². The highest BCUT2D eigenvalue weighted by atomic mass is 15.1. The molecule has 0 amide bonds. The van der Waals surface area contributed by atoms with Gasteiger partial charge >= 0.3 is 0 Å². The predicted molar refractivity (Wildman–Crippen MR) is 57.6 cm³/mol. The van der Waals surface area contributed by atoms with Gasteiger partial charge in [-0.25, -0.2) is 0 Å². The first-order valence-corrected chi connectivity index (χ1v) is 4.48. The summed E-state index contributed by atoms with van der Waals surface area (Å²) in [5, 5.41) is 0. The minimum absolute atomic E-state index is 0.0632. The third-order valence-corrected chi connectivity index (χ3v) is 2.74. The van der Waals surface area contributed by atoms with Gasteiger partial charge in [0.25, 0.3) is 0 Å². The van der Waals surface area contributed by atoms with E-state index < -0.39 is 0 Å². The molecular formula is C11H18N2. The molecule has 72 valence electrons. The van der Waals surface area contributed by atoms with E-state index in [1.165, 1.54) is 5.56 Å². The highest BCUT2D eigenvalue weighted by Gasteiger charge is 2.22. The van der Waals surface area contributed by atoms with E-state index in [2.05, 4.69) is 45.0 Å². The molecule has 0 unspecified atom stereocenters.